The number of carbonyl (C=O) groups is 1. The van der Waals surface area contributed by atoms with Gasteiger partial charge in [-0.3, -0.25) is 4.79 Å². The molecule has 1 aliphatic heterocycles. The van der Waals surface area contributed by atoms with Crippen LogP contribution in [0.2, 0.25) is 0 Å². The molecule has 2 aromatic carbocycles. The van der Waals surface area contributed by atoms with E-state index in [0.29, 0.717) is 17.9 Å². The number of aromatic nitrogens is 1. The molecule has 1 saturated heterocycles. The maximum Gasteiger partial charge on any atom is 0.251 e. The van der Waals surface area contributed by atoms with Gasteiger partial charge in [-0.15, -0.1) is 11.3 Å². The summed E-state index contributed by atoms with van der Waals surface area (Å²) in [6.07, 6.45) is 2.30. The SMILES string of the molecule is CCN1CCC(c2nc3ccc(C(=O)N[C@H]4c5ccccc5C[C@@H]4O)cc3s2)CC1. The third-order valence-electron chi connectivity index (χ3n) is 6.54. The molecule has 2 heterocycles. The first-order valence-corrected chi connectivity index (χ1v) is 11.6. The second-order valence-corrected chi connectivity index (χ2v) is 9.43. The third kappa shape index (κ3) is 3.64. The Morgan fingerprint density at radius 2 is 2.03 bits per heavy atom. The van der Waals surface area contributed by atoms with Gasteiger partial charge in [-0.25, -0.2) is 4.98 Å². The summed E-state index contributed by atoms with van der Waals surface area (Å²) in [6.45, 7) is 5.60. The number of hydrogen-bond donors (Lipinski definition) is 2. The van der Waals surface area contributed by atoms with Crippen LogP contribution < -0.4 is 5.32 Å². The number of nitrogens with zero attached hydrogens (tertiary/aromatic N) is 2. The topological polar surface area (TPSA) is 65.5 Å². The monoisotopic (exact) mass is 421 g/mol. The lowest BCUT2D eigenvalue weighted by molar-refractivity contribution is 0.0858. The molecule has 156 valence electrons. The van der Waals surface area contributed by atoms with Crippen molar-refractivity contribution in [2.45, 2.75) is 44.2 Å². The van der Waals surface area contributed by atoms with Crippen LogP contribution in [0.3, 0.4) is 0 Å². The minimum absolute atomic E-state index is 0.149. The highest BCUT2D eigenvalue weighted by Gasteiger charge is 2.32. The van der Waals surface area contributed by atoms with E-state index in [4.69, 9.17) is 4.98 Å². The van der Waals surface area contributed by atoms with E-state index in [1.807, 2.05) is 42.5 Å². The fourth-order valence-corrected chi connectivity index (χ4v) is 5.90. The van der Waals surface area contributed by atoms with Crippen LogP contribution in [0.4, 0.5) is 0 Å². The molecule has 0 spiro atoms. The molecule has 30 heavy (non-hydrogen) atoms. The average molecular weight is 422 g/mol. The fourth-order valence-electron chi connectivity index (χ4n) is 4.73. The quantitative estimate of drug-likeness (QED) is 0.671. The number of thiazole rings is 1. The van der Waals surface area contributed by atoms with E-state index in [1.165, 1.54) is 5.01 Å². The Kier molecular flexibility index (Phi) is 5.31. The molecule has 0 saturated carbocycles. The first-order chi connectivity index (χ1) is 14.6. The maximum absolute atomic E-state index is 12.9. The van der Waals surface area contributed by atoms with Crippen LogP contribution in [0, 0.1) is 0 Å². The van der Waals surface area contributed by atoms with E-state index in [9.17, 15) is 9.90 Å². The number of amides is 1. The molecule has 5 rings (SSSR count). The lowest BCUT2D eigenvalue weighted by Gasteiger charge is -2.29. The fraction of sp³-hybridized carbons (Fsp3) is 0.417. The van der Waals surface area contributed by atoms with Gasteiger partial charge in [0.25, 0.3) is 5.91 Å². The second-order valence-electron chi connectivity index (χ2n) is 8.36. The molecule has 0 radical (unpaired) electrons. The van der Waals surface area contributed by atoms with Gasteiger partial charge in [-0.2, -0.15) is 0 Å². The molecule has 6 heteroatoms. The smallest absolute Gasteiger partial charge is 0.251 e. The van der Waals surface area contributed by atoms with Gasteiger partial charge in [-0.1, -0.05) is 31.2 Å². The van der Waals surface area contributed by atoms with Crippen molar-refractivity contribution >= 4 is 27.5 Å². The molecule has 5 nitrogen and oxygen atoms in total. The predicted octanol–water partition coefficient (Wildman–Crippen LogP) is 3.88. The van der Waals surface area contributed by atoms with Crippen LogP contribution in [0.1, 0.15) is 58.2 Å². The molecule has 2 atom stereocenters. The Bertz CT molecular complexity index is 1070. The average Bonchev–Trinajstić information content (AvgIpc) is 3.34. The van der Waals surface area contributed by atoms with E-state index < -0.39 is 6.10 Å². The van der Waals surface area contributed by atoms with Crippen LogP contribution in [-0.4, -0.2) is 46.6 Å². The van der Waals surface area contributed by atoms with Gasteiger partial charge in [-0.05, 0) is 61.8 Å². The van der Waals surface area contributed by atoms with Crippen molar-refractivity contribution in [3.05, 3.63) is 64.2 Å². The molecule has 2 N–H and O–H groups in total. The number of carbonyl (C=O) groups excluding carboxylic acids is 1. The molecule has 3 aromatic rings. The van der Waals surface area contributed by atoms with Crippen molar-refractivity contribution in [1.29, 1.82) is 0 Å². The first kappa shape index (κ1) is 19.7. The maximum atomic E-state index is 12.9. The highest BCUT2D eigenvalue weighted by atomic mass is 32.1. The Balaban J connectivity index is 1.33. The second kappa shape index (κ2) is 8.10. The van der Waals surface area contributed by atoms with Crippen molar-refractivity contribution in [1.82, 2.24) is 15.2 Å². The Labute approximate surface area is 180 Å². The van der Waals surface area contributed by atoms with E-state index >= 15 is 0 Å². The molecule has 1 aliphatic carbocycles. The van der Waals surface area contributed by atoms with Gasteiger partial charge < -0.3 is 15.3 Å². The summed E-state index contributed by atoms with van der Waals surface area (Å²) in [5.74, 6) is 0.372. The number of aliphatic hydroxyl groups excluding tert-OH is 1. The minimum atomic E-state index is -0.584. The van der Waals surface area contributed by atoms with Gasteiger partial charge in [0, 0.05) is 17.9 Å². The first-order valence-electron chi connectivity index (χ1n) is 10.8. The molecule has 1 amide bonds. The van der Waals surface area contributed by atoms with Crippen LogP contribution in [0.15, 0.2) is 42.5 Å². The number of piperidine rings is 1. The van der Waals surface area contributed by atoms with Crippen LogP contribution in [0.25, 0.3) is 10.2 Å². The molecule has 1 fully saturated rings. The Morgan fingerprint density at radius 1 is 1.23 bits per heavy atom. The molecule has 0 unspecified atom stereocenters. The molecular weight excluding hydrogens is 394 g/mol. The molecular formula is C24H27N3O2S. The number of aliphatic hydroxyl groups is 1. The zero-order chi connectivity index (χ0) is 20.7. The highest BCUT2D eigenvalue weighted by Crippen LogP contribution is 2.35. The van der Waals surface area contributed by atoms with Gasteiger partial charge in [0.05, 0.1) is 27.4 Å². The summed E-state index contributed by atoms with van der Waals surface area (Å²) in [7, 11) is 0. The highest BCUT2D eigenvalue weighted by molar-refractivity contribution is 7.18. The van der Waals surface area contributed by atoms with Crippen molar-refractivity contribution in [3.63, 3.8) is 0 Å². The number of fused-ring (bicyclic) bond motifs is 2. The van der Waals surface area contributed by atoms with E-state index in [1.54, 1.807) is 11.3 Å². The van der Waals surface area contributed by atoms with Crippen LogP contribution in [-0.2, 0) is 6.42 Å². The summed E-state index contributed by atoms with van der Waals surface area (Å²) in [5, 5.41) is 14.7. The largest absolute Gasteiger partial charge is 0.390 e. The number of likely N-dealkylation sites (tertiary alicyclic amines) is 1. The summed E-state index contributed by atoms with van der Waals surface area (Å²) in [5.41, 5.74) is 3.70. The standard InChI is InChI=1S/C24H27N3O2S/c1-2-27-11-9-15(10-12-27)24-25-19-8-7-17(14-21(19)30-24)23(29)26-22-18-6-4-3-5-16(18)13-20(22)28/h3-8,14-15,20,22,28H,2,9-13H2,1H3,(H,26,29)/t20-,22-/m0/s1. The predicted molar refractivity (Wildman–Crippen MR) is 120 cm³/mol. The third-order valence-corrected chi connectivity index (χ3v) is 7.72. The molecule has 1 aromatic heterocycles. The summed E-state index contributed by atoms with van der Waals surface area (Å²) < 4.78 is 1.06. The normalized spacial score (nSPS) is 22.3. The van der Waals surface area contributed by atoms with E-state index in [2.05, 4.69) is 17.1 Å². The van der Waals surface area contributed by atoms with E-state index in [-0.39, 0.29) is 11.9 Å². The van der Waals surface area contributed by atoms with Gasteiger partial charge in [0.15, 0.2) is 0 Å². The zero-order valence-electron chi connectivity index (χ0n) is 17.2. The van der Waals surface area contributed by atoms with Crippen molar-refractivity contribution in [2.75, 3.05) is 19.6 Å². The summed E-state index contributed by atoms with van der Waals surface area (Å²) in [6, 6.07) is 13.3. The lowest BCUT2D eigenvalue weighted by atomic mass is 9.98. The molecule has 2 aliphatic rings. The van der Waals surface area contributed by atoms with Crippen LogP contribution in [0.5, 0.6) is 0 Å². The van der Waals surface area contributed by atoms with E-state index in [0.717, 1.165) is 53.8 Å². The summed E-state index contributed by atoms with van der Waals surface area (Å²) in [4.78, 5) is 20.3. The number of benzene rings is 2. The Morgan fingerprint density at radius 3 is 2.83 bits per heavy atom. The number of rotatable bonds is 4. The van der Waals surface area contributed by atoms with Crippen molar-refractivity contribution < 1.29 is 9.90 Å². The number of nitrogens with one attached hydrogen (secondary N) is 1. The van der Waals surface area contributed by atoms with Gasteiger partial charge in [0.1, 0.15) is 0 Å². The van der Waals surface area contributed by atoms with Gasteiger partial charge in [0.2, 0.25) is 0 Å². The van der Waals surface area contributed by atoms with Crippen molar-refractivity contribution in [2.24, 2.45) is 0 Å². The minimum Gasteiger partial charge on any atom is -0.390 e. The van der Waals surface area contributed by atoms with Gasteiger partial charge >= 0.3 is 0 Å². The summed E-state index contributed by atoms with van der Waals surface area (Å²) >= 11 is 1.72. The zero-order valence-corrected chi connectivity index (χ0v) is 18.0. The lowest BCUT2D eigenvalue weighted by Crippen LogP contribution is -2.33. The molecule has 0 bridgehead atoms. The van der Waals surface area contributed by atoms with Crippen LogP contribution >= 0.6 is 11.3 Å². The Hall–Kier alpha value is -2.28. The van der Waals surface area contributed by atoms with Crippen molar-refractivity contribution in [3.8, 4) is 0 Å². The number of hydrogen-bond acceptors (Lipinski definition) is 5.